The average Bonchev–Trinajstić information content (AvgIpc) is 0.670. The number of carbonyl (C=O) groups is 4. The first-order valence-corrected chi connectivity index (χ1v) is 42.5. The van der Waals surface area contributed by atoms with Crippen LogP contribution in [0.4, 0.5) is 11.4 Å². The van der Waals surface area contributed by atoms with Crippen LogP contribution >= 0.6 is 0 Å². The van der Waals surface area contributed by atoms with Crippen molar-refractivity contribution in [3.8, 4) is 46.0 Å². The number of carbonyl (C=O) groups excluding carboxylic acids is 4. The number of benzene rings is 11. The third kappa shape index (κ3) is 15.3. The van der Waals surface area contributed by atoms with E-state index in [2.05, 4.69) is 36.4 Å². The number of unbranched alkanes of at least 4 members (excludes halogenated alkanes) is 4. The van der Waals surface area contributed by atoms with Crippen molar-refractivity contribution < 1.29 is 38.1 Å². The number of nitrogens with zero attached hydrogens (tertiary/aromatic N) is 2. The predicted molar refractivity (Wildman–Crippen MR) is 445 cm³/mol. The van der Waals surface area contributed by atoms with Crippen LogP contribution in [0.5, 0.6) is 46.0 Å². The second-order valence-corrected chi connectivity index (χ2v) is 33.1. The molecule has 6 aliphatic rings. The van der Waals surface area contributed by atoms with E-state index in [4.69, 9.17) is 18.9 Å². The number of aryl methyl sites for hydroxylation is 4. The van der Waals surface area contributed by atoms with Gasteiger partial charge in [0.1, 0.15) is 46.0 Å². The zero-order valence-corrected chi connectivity index (χ0v) is 64.2. The van der Waals surface area contributed by atoms with Crippen LogP contribution in [-0.2, 0) is 25.7 Å². The summed E-state index contributed by atoms with van der Waals surface area (Å²) in [6.07, 6.45) is 41.7. The normalized spacial score (nSPS) is 16.8. The predicted octanol–water partition coefficient (Wildman–Crippen LogP) is 27.7. The van der Waals surface area contributed by atoms with Crippen LogP contribution in [0.1, 0.15) is 269 Å². The number of anilines is 2. The van der Waals surface area contributed by atoms with Crippen molar-refractivity contribution in [3.05, 3.63) is 226 Å². The maximum Gasteiger partial charge on any atom is 0.266 e. The highest BCUT2D eigenvalue weighted by Gasteiger charge is 2.44. The van der Waals surface area contributed by atoms with Crippen molar-refractivity contribution in [3.63, 3.8) is 0 Å². The summed E-state index contributed by atoms with van der Waals surface area (Å²) in [6, 6.07) is 58.6. The highest BCUT2D eigenvalue weighted by molar-refractivity contribution is 6.48. The molecule has 11 aromatic carbocycles. The molecule has 4 amide bonds. The van der Waals surface area contributed by atoms with Crippen LogP contribution in [0.15, 0.2) is 182 Å². The minimum absolute atomic E-state index is 0.288. The van der Waals surface area contributed by atoms with Gasteiger partial charge in [-0.05, 0) is 170 Å². The van der Waals surface area contributed by atoms with E-state index >= 15 is 19.2 Å². The molecule has 0 radical (unpaired) electrons. The van der Waals surface area contributed by atoms with Gasteiger partial charge in [-0.1, -0.05) is 289 Å². The first kappa shape index (κ1) is 73.0. The largest absolute Gasteiger partial charge is 0.457 e. The highest BCUT2D eigenvalue weighted by atomic mass is 16.5. The number of ether oxygens (including phenoxy) is 4. The van der Waals surface area contributed by atoms with E-state index in [0.717, 1.165) is 123 Å². The Morgan fingerprint density at radius 1 is 0.245 bits per heavy atom. The Labute approximate surface area is 649 Å². The van der Waals surface area contributed by atoms with Crippen molar-refractivity contribution >= 4 is 78.1 Å². The van der Waals surface area contributed by atoms with Crippen molar-refractivity contribution in [2.75, 3.05) is 9.80 Å². The Bertz CT molecular complexity index is 4490. The minimum Gasteiger partial charge on any atom is -0.457 e. The average molecular weight is 1460 g/mol. The summed E-state index contributed by atoms with van der Waals surface area (Å²) in [6.45, 7) is 0. The molecule has 564 valence electrons. The van der Waals surface area contributed by atoms with Gasteiger partial charge >= 0.3 is 0 Å². The lowest BCUT2D eigenvalue weighted by Crippen LogP contribution is -2.42. The smallest absolute Gasteiger partial charge is 0.266 e. The molecule has 4 fully saturated rings. The lowest BCUT2D eigenvalue weighted by molar-refractivity contribution is 0.0877. The van der Waals surface area contributed by atoms with Crippen molar-refractivity contribution in [1.82, 2.24) is 0 Å². The number of hydrogen-bond acceptors (Lipinski definition) is 8. The monoisotopic (exact) mass is 1460 g/mol. The quantitative estimate of drug-likeness (QED) is 0.0189. The van der Waals surface area contributed by atoms with Crippen molar-refractivity contribution in [2.45, 2.75) is 231 Å². The van der Waals surface area contributed by atoms with Crippen LogP contribution < -0.4 is 28.7 Å². The number of imide groups is 2. The van der Waals surface area contributed by atoms with Crippen LogP contribution in [0.25, 0.3) is 43.1 Å². The molecule has 0 saturated heterocycles. The van der Waals surface area contributed by atoms with Crippen LogP contribution in [0, 0.1) is 23.7 Å². The molecule has 0 atom stereocenters. The number of rotatable bonds is 30. The second-order valence-electron chi connectivity index (χ2n) is 33.1. The Hall–Kier alpha value is -9.80. The molecule has 17 rings (SSSR count). The van der Waals surface area contributed by atoms with E-state index in [9.17, 15) is 0 Å². The molecule has 2 heterocycles. The summed E-state index contributed by atoms with van der Waals surface area (Å²) >= 11 is 0. The molecule has 0 bridgehead atoms. The fraction of sp³-hybridized carbons (Fsp3) is 0.400. The summed E-state index contributed by atoms with van der Waals surface area (Å²) in [4.78, 5) is 70.7. The molecule has 0 N–H and O–H groups in total. The van der Waals surface area contributed by atoms with Gasteiger partial charge in [-0.15, -0.1) is 0 Å². The summed E-state index contributed by atoms with van der Waals surface area (Å²) in [7, 11) is 0. The van der Waals surface area contributed by atoms with Gasteiger partial charge in [0.25, 0.3) is 23.6 Å². The highest BCUT2D eigenvalue weighted by Crippen LogP contribution is 2.59. The van der Waals surface area contributed by atoms with Gasteiger partial charge in [0.2, 0.25) is 0 Å². The fourth-order valence-corrected chi connectivity index (χ4v) is 20.3. The lowest BCUT2D eigenvalue weighted by Gasteiger charge is -2.34. The van der Waals surface area contributed by atoms with E-state index in [-0.39, 0.29) is 22.3 Å². The van der Waals surface area contributed by atoms with E-state index in [1.807, 2.05) is 146 Å². The van der Waals surface area contributed by atoms with Gasteiger partial charge in [-0.3, -0.25) is 19.2 Å². The molecule has 0 unspecified atom stereocenters. The van der Waals surface area contributed by atoms with Crippen molar-refractivity contribution in [1.29, 1.82) is 0 Å². The van der Waals surface area contributed by atoms with E-state index < -0.39 is 23.6 Å². The first-order chi connectivity index (χ1) is 54.3. The zero-order chi connectivity index (χ0) is 74.3. The summed E-state index contributed by atoms with van der Waals surface area (Å²) in [5.41, 5.74) is 6.48. The molecular formula is C100H106N2O8. The molecular weight excluding hydrogens is 1360 g/mol. The third-order valence-electron chi connectivity index (χ3n) is 25.8. The van der Waals surface area contributed by atoms with Gasteiger partial charge < -0.3 is 18.9 Å². The van der Waals surface area contributed by atoms with Gasteiger partial charge in [0.15, 0.2) is 0 Å². The van der Waals surface area contributed by atoms with E-state index in [1.54, 1.807) is 0 Å². The molecule has 0 spiro atoms. The summed E-state index contributed by atoms with van der Waals surface area (Å²) in [5.74, 6) is 4.41. The molecule has 4 aliphatic carbocycles. The Morgan fingerprint density at radius 3 is 0.700 bits per heavy atom. The van der Waals surface area contributed by atoms with Crippen LogP contribution in [0.2, 0.25) is 0 Å². The number of fused-ring (bicyclic) bond motifs is 2. The summed E-state index contributed by atoms with van der Waals surface area (Å²) in [5, 5.41) is 3.85. The lowest BCUT2D eigenvalue weighted by atomic mass is 9.80. The third-order valence-corrected chi connectivity index (χ3v) is 25.8. The number of hydrogen-bond donors (Lipinski definition) is 0. The second kappa shape index (κ2) is 33.8. The molecule has 110 heavy (non-hydrogen) atoms. The van der Waals surface area contributed by atoms with Crippen LogP contribution in [0.3, 0.4) is 0 Å². The van der Waals surface area contributed by atoms with Gasteiger partial charge in [0, 0.05) is 43.1 Å². The van der Waals surface area contributed by atoms with Gasteiger partial charge in [0.05, 0.1) is 33.6 Å². The molecule has 2 aliphatic heterocycles. The van der Waals surface area contributed by atoms with Crippen molar-refractivity contribution in [2.24, 2.45) is 23.7 Å². The Morgan fingerprint density at radius 2 is 0.473 bits per heavy atom. The summed E-state index contributed by atoms with van der Waals surface area (Å²) < 4.78 is 29.6. The number of amides is 4. The topological polar surface area (TPSA) is 112 Å². The molecule has 0 aromatic heterocycles. The molecule has 4 saturated carbocycles. The maximum atomic E-state index is 16.9. The van der Waals surface area contributed by atoms with Gasteiger partial charge in [-0.2, -0.15) is 0 Å². The molecule has 11 aromatic rings. The van der Waals surface area contributed by atoms with E-state index in [0.29, 0.717) is 100 Å². The van der Waals surface area contributed by atoms with Gasteiger partial charge in [-0.25, -0.2) is 9.80 Å². The first-order valence-electron chi connectivity index (χ1n) is 42.5. The molecule has 10 nitrogen and oxygen atoms in total. The SMILES string of the molecule is O=C1c2cc(Oc3ccccc3)c3c4c(Oc5ccccc5)cc5c6c(cc(Oc7ccccc7)c(c7c(Oc8ccccc8)cc(c2c37)C(=O)N1c1c(CCCCC2CCCCC2)cccc1CCCCC1CCCCC1)c64)C(=O)N(c1c(CCCCC2CCCCC2)cccc1CCCCC1CCCCC1)C5=O. The standard InChI is InChI=1S/C100H106N2O8/c103-97-79-63-83(107-75-55-17-5-18-56-75)89-91-85(109-77-59-21-7-22-60-77)65-81-88-82(100(106)102(99(81)105)96-73(49-31-27-45-69-39-13-3-14-40-69)53-34-54-74(96)50-32-28-46-70-41-15-4-16-42-70)66-86(110-78-61-23-8-24-62-78)92(94(88)91)90-84(108-76-57-19-6-20-58-76)64-80(87(79)93(89)90)98(104)101(97)95-71(47-29-25-43-67-35-9-1-10-36-67)51-33-52-72(95)48-30-26-44-68-37-11-2-12-38-68/h5-8,17-24,33-34,51-70H,1-4,9-16,25-32,35-50H2. The Balaban J connectivity index is 0.895. The van der Waals surface area contributed by atoms with Crippen LogP contribution in [-0.4, -0.2) is 23.6 Å². The minimum atomic E-state index is -0.449. The zero-order valence-electron chi connectivity index (χ0n) is 64.2. The fourth-order valence-electron chi connectivity index (χ4n) is 20.3. The van der Waals surface area contributed by atoms with E-state index in [1.165, 1.54) is 164 Å². The number of para-hydroxylation sites is 6. The maximum absolute atomic E-state index is 16.9. The Kier molecular flexibility index (Phi) is 22.4. The molecule has 10 heteroatoms.